The van der Waals surface area contributed by atoms with Crippen LogP contribution in [0, 0.1) is 16.7 Å². The summed E-state index contributed by atoms with van der Waals surface area (Å²) in [5.41, 5.74) is 12.9. The van der Waals surface area contributed by atoms with Crippen LogP contribution in [0.15, 0.2) is 0 Å². The highest BCUT2D eigenvalue weighted by Crippen LogP contribution is 2.46. The number of rotatable bonds is 5. The number of hydrogen-bond donors (Lipinski definition) is 5. The second-order valence-electron chi connectivity index (χ2n) is 14.0. The van der Waals surface area contributed by atoms with Gasteiger partial charge < -0.3 is 32.3 Å². The van der Waals surface area contributed by atoms with Crippen molar-refractivity contribution in [3.8, 4) is 0 Å². The lowest BCUT2D eigenvalue weighted by molar-refractivity contribution is -0.129. The Morgan fingerprint density at radius 2 is 1.75 bits per heavy atom. The predicted octanol–water partition coefficient (Wildman–Crippen LogP) is 1.46. The number of carbonyl (C=O) groups excluding carboxylic acids is 2. The van der Waals surface area contributed by atoms with Crippen LogP contribution in [0.5, 0.6) is 0 Å². The lowest BCUT2D eigenvalue weighted by Gasteiger charge is -2.47. The van der Waals surface area contributed by atoms with Crippen LogP contribution in [0.4, 0.5) is 4.39 Å². The van der Waals surface area contributed by atoms with Crippen LogP contribution in [0.2, 0.25) is 0 Å². The van der Waals surface area contributed by atoms with E-state index in [9.17, 15) is 14.0 Å². The molecule has 2 amide bonds. The van der Waals surface area contributed by atoms with Crippen molar-refractivity contribution in [1.29, 1.82) is 0 Å². The molecule has 5 atom stereocenters. The average Bonchev–Trinajstić information content (AvgIpc) is 3.23. The standard InChI is InChI=1S/C30H54FN7O2/c1-37-20-30(17-25(37)39)11-14-38(15-12-30)24-7-13-34-19-23(24)36-28(40)26(27(32)33)22-16-29(8-3-2-4-9-29)10-5-6-21(31)18-35-22/h21-24,26-27,34-35H,2-20,32-33H2,1H3,(H,36,40). The Balaban J connectivity index is 1.27. The Morgan fingerprint density at radius 3 is 2.42 bits per heavy atom. The first-order chi connectivity index (χ1) is 19.2. The minimum Gasteiger partial charge on any atom is -0.350 e. The predicted molar refractivity (Wildman–Crippen MR) is 155 cm³/mol. The van der Waals surface area contributed by atoms with Gasteiger partial charge in [-0.2, -0.15) is 0 Å². The maximum Gasteiger partial charge on any atom is 0.227 e. The molecular weight excluding hydrogens is 509 g/mol. The quantitative estimate of drug-likeness (QED) is 0.320. The van der Waals surface area contributed by atoms with Crippen LogP contribution < -0.4 is 27.4 Å². The number of nitrogens with two attached hydrogens (primary N) is 2. The summed E-state index contributed by atoms with van der Waals surface area (Å²) in [4.78, 5) is 30.6. The van der Waals surface area contributed by atoms with Gasteiger partial charge in [-0.25, -0.2) is 4.39 Å². The fourth-order valence-electron chi connectivity index (χ4n) is 8.83. The van der Waals surface area contributed by atoms with Gasteiger partial charge in [0.15, 0.2) is 0 Å². The number of amides is 2. The molecule has 40 heavy (non-hydrogen) atoms. The van der Waals surface area contributed by atoms with E-state index in [1.54, 1.807) is 0 Å². The Morgan fingerprint density at radius 1 is 1.02 bits per heavy atom. The SMILES string of the molecule is CN1CC2(CCN(C3CCNCC3NC(=O)C(C(N)N)C3CC4(CCCCC4)CCCC(F)CN3)CC2)CC1=O. The Hall–Kier alpha value is -1.33. The molecule has 7 N–H and O–H groups in total. The first-order valence-electron chi connectivity index (χ1n) is 16.1. The number of halogens is 1. The molecule has 4 saturated heterocycles. The van der Waals surface area contributed by atoms with Crippen LogP contribution in [0.3, 0.4) is 0 Å². The molecule has 1 saturated carbocycles. The fourth-order valence-corrected chi connectivity index (χ4v) is 8.83. The third kappa shape index (κ3) is 6.83. The van der Waals surface area contributed by atoms with E-state index in [0.29, 0.717) is 19.4 Å². The maximum atomic E-state index is 14.7. The van der Waals surface area contributed by atoms with Gasteiger partial charge in [0.1, 0.15) is 6.17 Å². The number of carbonyl (C=O) groups is 2. The number of hydrogen-bond acceptors (Lipinski definition) is 7. The molecule has 0 bridgehead atoms. The van der Waals surface area contributed by atoms with Crippen molar-refractivity contribution in [3.63, 3.8) is 0 Å². The zero-order chi connectivity index (χ0) is 28.3. The molecule has 2 spiro atoms. The van der Waals surface area contributed by atoms with Gasteiger partial charge in [0, 0.05) is 45.2 Å². The first-order valence-corrected chi connectivity index (χ1v) is 16.1. The highest BCUT2D eigenvalue weighted by molar-refractivity contribution is 5.80. The molecule has 5 fully saturated rings. The van der Waals surface area contributed by atoms with Crippen molar-refractivity contribution in [2.24, 2.45) is 28.2 Å². The largest absolute Gasteiger partial charge is 0.350 e. The minimum atomic E-state index is -0.914. The summed E-state index contributed by atoms with van der Waals surface area (Å²) >= 11 is 0. The average molecular weight is 564 g/mol. The van der Waals surface area contributed by atoms with Gasteiger partial charge in [-0.1, -0.05) is 19.3 Å². The minimum absolute atomic E-state index is 0.0432. The van der Waals surface area contributed by atoms with Crippen LogP contribution in [0.1, 0.15) is 83.5 Å². The summed E-state index contributed by atoms with van der Waals surface area (Å²) in [5, 5.41) is 10.3. The van der Waals surface area contributed by atoms with Crippen molar-refractivity contribution in [1.82, 2.24) is 25.8 Å². The zero-order valence-electron chi connectivity index (χ0n) is 24.6. The first kappa shape index (κ1) is 30.1. The van der Waals surface area contributed by atoms with E-state index in [1.807, 2.05) is 11.9 Å². The summed E-state index contributed by atoms with van der Waals surface area (Å²) in [6, 6.07) is -0.0463. The number of nitrogens with one attached hydrogen (secondary N) is 3. The van der Waals surface area contributed by atoms with Crippen molar-refractivity contribution in [2.75, 3.05) is 46.3 Å². The molecule has 0 radical (unpaired) electrons. The highest BCUT2D eigenvalue weighted by atomic mass is 19.1. The van der Waals surface area contributed by atoms with Gasteiger partial charge >= 0.3 is 0 Å². The van der Waals surface area contributed by atoms with E-state index in [0.717, 1.165) is 77.5 Å². The zero-order valence-corrected chi connectivity index (χ0v) is 24.6. The molecule has 228 valence electrons. The van der Waals surface area contributed by atoms with Crippen LogP contribution in [-0.2, 0) is 9.59 Å². The normalized spacial score (nSPS) is 34.4. The Kier molecular flexibility index (Phi) is 9.72. The molecule has 0 aromatic carbocycles. The van der Waals surface area contributed by atoms with E-state index in [4.69, 9.17) is 11.5 Å². The molecule has 1 aliphatic carbocycles. The third-order valence-corrected chi connectivity index (χ3v) is 11.2. The molecule has 0 aromatic heterocycles. The van der Waals surface area contributed by atoms with Gasteiger partial charge in [-0.3, -0.25) is 14.5 Å². The number of piperidine rings is 2. The van der Waals surface area contributed by atoms with Gasteiger partial charge in [0.05, 0.1) is 18.1 Å². The van der Waals surface area contributed by atoms with E-state index < -0.39 is 18.3 Å². The monoisotopic (exact) mass is 563 g/mol. The maximum absolute atomic E-state index is 14.7. The van der Waals surface area contributed by atoms with E-state index in [-0.39, 0.29) is 47.3 Å². The fraction of sp³-hybridized carbons (Fsp3) is 0.933. The third-order valence-electron chi connectivity index (χ3n) is 11.2. The van der Waals surface area contributed by atoms with Crippen molar-refractivity contribution >= 4 is 11.8 Å². The molecule has 10 heteroatoms. The molecule has 0 aromatic rings. The van der Waals surface area contributed by atoms with Crippen LogP contribution in [-0.4, -0.2) is 98.4 Å². The highest BCUT2D eigenvalue weighted by Gasteiger charge is 2.46. The Labute approximate surface area is 240 Å². The molecule has 5 aliphatic rings. The molecular formula is C30H54FN7O2. The van der Waals surface area contributed by atoms with Crippen LogP contribution >= 0.6 is 0 Å². The van der Waals surface area contributed by atoms with Gasteiger partial charge in [-0.15, -0.1) is 0 Å². The van der Waals surface area contributed by atoms with Gasteiger partial charge in [0.2, 0.25) is 11.8 Å². The molecule has 9 nitrogen and oxygen atoms in total. The molecule has 4 aliphatic heterocycles. The van der Waals surface area contributed by atoms with Crippen molar-refractivity contribution in [3.05, 3.63) is 0 Å². The van der Waals surface area contributed by atoms with Gasteiger partial charge in [-0.05, 0) is 88.3 Å². The summed E-state index contributed by atoms with van der Waals surface area (Å²) in [6.45, 7) is 4.63. The summed E-state index contributed by atoms with van der Waals surface area (Å²) < 4.78 is 14.7. The lowest BCUT2D eigenvalue weighted by Crippen LogP contribution is -2.65. The summed E-state index contributed by atoms with van der Waals surface area (Å²) in [6.07, 6.45) is 11.2. The summed E-state index contributed by atoms with van der Waals surface area (Å²) in [7, 11) is 1.91. The second kappa shape index (κ2) is 12.9. The van der Waals surface area contributed by atoms with Gasteiger partial charge in [0.25, 0.3) is 0 Å². The molecule has 5 rings (SSSR count). The molecule has 5 unspecified atom stereocenters. The van der Waals surface area contributed by atoms with E-state index >= 15 is 0 Å². The van der Waals surface area contributed by atoms with E-state index in [2.05, 4.69) is 20.9 Å². The van der Waals surface area contributed by atoms with E-state index in [1.165, 1.54) is 19.3 Å². The molecule has 4 heterocycles. The smallest absolute Gasteiger partial charge is 0.227 e. The number of alkyl halides is 1. The van der Waals surface area contributed by atoms with Crippen LogP contribution in [0.25, 0.3) is 0 Å². The second-order valence-corrected chi connectivity index (χ2v) is 14.0. The number of likely N-dealkylation sites (tertiary alicyclic amines) is 2. The number of nitrogens with zero attached hydrogens (tertiary/aromatic N) is 2. The lowest BCUT2D eigenvalue weighted by atomic mass is 9.66. The topological polar surface area (TPSA) is 129 Å². The van der Waals surface area contributed by atoms with Crippen molar-refractivity contribution < 1.29 is 14.0 Å². The Bertz CT molecular complexity index is 874. The van der Waals surface area contributed by atoms with Crippen molar-refractivity contribution in [2.45, 2.75) is 114 Å². The summed E-state index contributed by atoms with van der Waals surface area (Å²) in [5.74, 6) is -0.461.